The second-order valence-corrected chi connectivity index (χ2v) is 5.18. The molecule has 1 aromatic heterocycles. The third-order valence-electron chi connectivity index (χ3n) is 2.69. The summed E-state index contributed by atoms with van der Waals surface area (Å²) >= 11 is 7.80. The third kappa shape index (κ3) is 3.29. The van der Waals surface area contributed by atoms with Gasteiger partial charge in [0.2, 0.25) is 0 Å². The van der Waals surface area contributed by atoms with Crippen LogP contribution in [0.5, 0.6) is 0 Å². The summed E-state index contributed by atoms with van der Waals surface area (Å²) in [6.45, 7) is 4.23. The number of aromatic nitrogens is 1. The molecule has 0 saturated heterocycles. The first-order valence-electron chi connectivity index (χ1n) is 5.33. The van der Waals surface area contributed by atoms with Gasteiger partial charge in [0.15, 0.2) is 0 Å². The maximum Gasteiger partial charge on any atom is 0.0509 e. The van der Waals surface area contributed by atoms with E-state index in [4.69, 9.17) is 11.6 Å². The molecule has 0 spiro atoms. The number of halogens is 1. The van der Waals surface area contributed by atoms with Gasteiger partial charge in [0.25, 0.3) is 0 Å². The van der Waals surface area contributed by atoms with Gasteiger partial charge in [-0.2, -0.15) is 11.8 Å². The summed E-state index contributed by atoms with van der Waals surface area (Å²) in [6, 6.07) is 2.60. The lowest BCUT2D eigenvalue weighted by molar-refractivity contribution is 0.761. The number of aryl methyl sites for hydroxylation is 1. The molecule has 0 fully saturated rings. The lowest BCUT2D eigenvalue weighted by Crippen LogP contribution is -2.31. The second-order valence-electron chi connectivity index (χ2n) is 4.00. The Morgan fingerprint density at radius 3 is 2.81 bits per heavy atom. The van der Waals surface area contributed by atoms with Crippen molar-refractivity contribution in [1.29, 1.82) is 0 Å². The molecular weight excluding hydrogens is 240 g/mol. The van der Waals surface area contributed by atoms with Crippen molar-refractivity contribution in [3.63, 3.8) is 0 Å². The summed E-state index contributed by atoms with van der Waals surface area (Å²) in [6.07, 6.45) is 4.00. The van der Waals surface area contributed by atoms with E-state index in [-0.39, 0.29) is 0 Å². The topological polar surface area (TPSA) is 16.1 Å². The SMILES string of the molecule is CSCC(C)N(C)c1cc(C)ncc1CCl. The number of nitrogens with zero attached hydrogens (tertiary/aromatic N) is 2. The van der Waals surface area contributed by atoms with Gasteiger partial charge in [-0.1, -0.05) is 0 Å². The highest BCUT2D eigenvalue weighted by molar-refractivity contribution is 7.98. The highest BCUT2D eigenvalue weighted by Crippen LogP contribution is 2.23. The van der Waals surface area contributed by atoms with Gasteiger partial charge in [0.05, 0.1) is 5.88 Å². The molecule has 0 N–H and O–H groups in total. The fourth-order valence-electron chi connectivity index (χ4n) is 1.60. The van der Waals surface area contributed by atoms with Gasteiger partial charge in [0.1, 0.15) is 0 Å². The monoisotopic (exact) mass is 258 g/mol. The van der Waals surface area contributed by atoms with E-state index in [1.54, 1.807) is 0 Å². The summed E-state index contributed by atoms with van der Waals surface area (Å²) in [4.78, 5) is 6.56. The van der Waals surface area contributed by atoms with Crippen LogP contribution in [0, 0.1) is 6.92 Å². The van der Waals surface area contributed by atoms with Gasteiger partial charge < -0.3 is 4.90 Å². The molecule has 1 atom stereocenters. The molecule has 0 aliphatic carbocycles. The average Bonchev–Trinajstić information content (AvgIpc) is 2.28. The summed E-state index contributed by atoms with van der Waals surface area (Å²) in [5.74, 6) is 1.62. The zero-order chi connectivity index (χ0) is 12.1. The fourth-order valence-corrected chi connectivity index (χ4v) is 2.51. The van der Waals surface area contributed by atoms with Crippen LogP contribution >= 0.6 is 23.4 Å². The lowest BCUT2D eigenvalue weighted by Gasteiger charge is -2.28. The average molecular weight is 259 g/mol. The quantitative estimate of drug-likeness (QED) is 0.754. The standard InChI is InChI=1S/C12H19ClN2S/c1-9-5-12(11(6-13)7-14-9)15(3)10(2)8-16-4/h5,7,10H,6,8H2,1-4H3. The summed E-state index contributed by atoms with van der Waals surface area (Å²) in [7, 11) is 2.12. The van der Waals surface area contributed by atoms with Crippen molar-refractivity contribution in [3.8, 4) is 0 Å². The van der Waals surface area contributed by atoms with Gasteiger partial charge in [0, 0.05) is 42.0 Å². The molecule has 0 aliphatic rings. The molecule has 1 unspecified atom stereocenters. The smallest absolute Gasteiger partial charge is 0.0509 e. The van der Waals surface area contributed by atoms with E-state index in [2.05, 4.69) is 36.2 Å². The molecule has 1 heterocycles. The maximum absolute atomic E-state index is 5.94. The zero-order valence-corrected chi connectivity index (χ0v) is 11.9. The van der Waals surface area contributed by atoms with E-state index in [1.807, 2.05) is 24.9 Å². The van der Waals surface area contributed by atoms with Crippen molar-refractivity contribution < 1.29 is 0 Å². The van der Waals surface area contributed by atoms with Crippen molar-refractivity contribution >= 4 is 29.1 Å². The molecule has 0 aromatic carbocycles. The molecule has 0 amide bonds. The predicted octanol–water partition coefficient (Wildman–Crippen LogP) is 3.32. The van der Waals surface area contributed by atoms with E-state index in [9.17, 15) is 0 Å². The second kappa shape index (κ2) is 6.36. The Morgan fingerprint density at radius 2 is 2.25 bits per heavy atom. The van der Waals surface area contributed by atoms with Gasteiger partial charge in [-0.3, -0.25) is 4.98 Å². The maximum atomic E-state index is 5.94. The number of hydrogen-bond acceptors (Lipinski definition) is 3. The molecule has 16 heavy (non-hydrogen) atoms. The Labute approximate surface area is 107 Å². The molecule has 0 saturated carbocycles. The number of pyridine rings is 1. The zero-order valence-electron chi connectivity index (χ0n) is 10.3. The summed E-state index contributed by atoms with van der Waals surface area (Å²) in [5, 5.41) is 0. The molecule has 1 aromatic rings. The third-order valence-corrected chi connectivity index (χ3v) is 3.80. The molecule has 0 aliphatic heterocycles. The summed E-state index contributed by atoms with van der Waals surface area (Å²) < 4.78 is 0. The van der Waals surface area contributed by atoms with Crippen LogP contribution in [0.15, 0.2) is 12.3 Å². The Kier molecular flexibility index (Phi) is 5.42. The first-order valence-corrected chi connectivity index (χ1v) is 7.26. The van der Waals surface area contributed by atoms with Crippen molar-refractivity contribution in [2.75, 3.05) is 24.0 Å². The molecule has 0 bridgehead atoms. The van der Waals surface area contributed by atoms with Crippen LogP contribution in [0.25, 0.3) is 0 Å². The van der Waals surface area contributed by atoms with E-state index >= 15 is 0 Å². The van der Waals surface area contributed by atoms with Crippen LogP contribution in [0.4, 0.5) is 5.69 Å². The van der Waals surface area contributed by atoms with Crippen LogP contribution in [-0.4, -0.2) is 30.1 Å². The number of alkyl halides is 1. The molecule has 4 heteroatoms. The van der Waals surface area contributed by atoms with Gasteiger partial charge in [-0.15, -0.1) is 11.6 Å². The molecule has 90 valence electrons. The van der Waals surface area contributed by atoms with Crippen LogP contribution in [0.3, 0.4) is 0 Å². The minimum atomic E-state index is 0.499. The molecule has 2 nitrogen and oxygen atoms in total. The Morgan fingerprint density at radius 1 is 1.56 bits per heavy atom. The van der Waals surface area contributed by atoms with Crippen molar-refractivity contribution in [1.82, 2.24) is 4.98 Å². The van der Waals surface area contributed by atoms with E-state index in [0.29, 0.717) is 11.9 Å². The van der Waals surface area contributed by atoms with Crippen molar-refractivity contribution in [2.24, 2.45) is 0 Å². The number of rotatable bonds is 5. The van der Waals surface area contributed by atoms with Gasteiger partial charge in [-0.25, -0.2) is 0 Å². The molecule has 1 rings (SSSR count). The highest BCUT2D eigenvalue weighted by Gasteiger charge is 2.13. The van der Waals surface area contributed by atoms with Gasteiger partial charge >= 0.3 is 0 Å². The Balaban J connectivity index is 2.96. The van der Waals surface area contributed by atoms with Crippen molar-refractivity contribution in [3.05, 3.63) is 23.5 Å². The van der Waals surface area contributed by atoms with Crippen LogP contribution in [0.1, 0.15) is 18.2 Å². The minimum absolute atomic E-state index is 0.499. The largest absolute Gasteiger partial charge is 0.371 e. The summed E-state index contributed by atoms with van der Waals surface area (Å²) in [5.41, 5.74) is 3.33. The minimum Gasteiger partial charge on any atom is -0.371 e. The number of thioether (sulfide) groups is 1. The van der Waals surface area contributed by atoms with Crippen LogP contribution in [0.2, 0.25) is 0 Å². The molecule has 0 radical (unpaired) electrons. The van der Waals surface area contributed by atoms with Crippen molar-refractivity contribution in [2.45, 2.75) is 25.8 Å². The first kappa shape index (κ1) is 13.7. The van der Waals surface area contributed by atoms with Crippen LogP contribution < -0.4 is 4.90 Å². The fraction of sp³-hybridized carbons (Fsp3) is 0.583. The highest BCUT2D eigenvalue weighted by atomic mass is 35.5. The number of anilines is 1. The number of hydrogen-bond donors (Lipinski definition) is 0. The lowest BCUT2D eigenvalue weighted by atomic mass is 10.2. The van der Waals surface area contributed by atoms with E-state index in [1.165, 1.54) is 5.69 Å². The Bertz CT molecular complexity index is 344. The predicted molar refractivity (Wildman–Crippen MR) is 74.8 cm³/mol. The molecular formula is C12H19ClN2S. The normalized spacial score (nSPS) is 12.6. The van der Waals surface area contributed by atoms with Crippen LogP contribution in [-0.2, 0) is 5.88 Å². The van der Waals surface area contributed by atoms with E-state index in [0.717, 1.165) is 17.0 Å². The first-order chi connectivity index (χ1) is 7.60. The Hall–Kier alpha value is -0.410. The van der Waals surface area contributed by atoms with Gasteiger partial charge in [-0.05, 0) is 26.2 Å². The van der Waals surface area contributed by atoms with E-state index < -0.39 is 0 Å².